The second-order valence-electron chi connectivity index (χ2n) is 4.24. The highest BCUT2D eigenvalue weighted by Crippen LogP contribution is 2.09. The summed E-state index contributed by atoms with van der Waals surface area (Å²) in [6.45, 7) is 4.20. The molecular formula is C11H18N4O2. The Morgan fingerprint density at radius 2 is 2.59 bits per heavy atom. The molecule has 94 valence electrons. The molecule has 6 heteroatoms. The van der Waals surface area contributed by atoms with Gasteiger partial charge in [-0.3, -0.25) is 9.48 Å². The van der Waals surface area contributed by atoms with Crippen LogP contribution in [0, 0.1) is 6.92 Å². The van der Waals surface area contributed by atoms with Crippen LogP contribution in [0.4, 0.5) is 5.82 Å². The molecule has 2 rings (SSSR count). The summed E-state index contributed by atoms with van der Waals surface area (Å²) >= 11 is 0. The van der Waals surface area contributed by atoms with Crippen molar-refractivity contribution in [3.05, 3.63) is 11.8 Å². The van der Waals surface area contributed by atoms with Gasteiger partial charge in [-0.25, -0.2) is 0 Å². The number of rotatable bonds is 3. The van der Waals surface area contributed by atoms with Crippen LogP contribution in [0.5, 0.6) is 0 Å². The molecule has 0 saturated carbocycles. The Hall–Kier alpha value is -1.40. The number of aromatic nitrogens is 2. The minimum atomic E-state index is -0.0585. The van der Waals surface area contributed by atoms with Gasteiger partial charge < -0.3 is 15.4 Å². The van der Waals surface area contributed by atoms with Crippen molar-refractivity contribution >= 4 is 11.7 Å². The average Bonchev–Trinajstić information content (AvgIpc) is 2.59. The summed E-state index contributed by atoms with van der Waals surface area (Å²) in [7, 11) is 1.85. The van der Waals surface area contributed by atoms with Gasteiger partial charge in [-0.05, 0) is 6.92 Å². The zero-order chi connectivity index (χ0) is 12.3. The van der Waals surface area contributed by atoms with Gasteiger partial charge in [0.1, 0.15) is 0 Å². The Morgan fingerprint density at radius 3 is 3.18 bits per heavy atom. The van der Waals surface area contributed by atoms with Gasteiger partial charge in [-0.15, -0.1) is 0 Å². The molecule has 1 fully saturated rings. The summed E-state index contributed by atoms with van der Waals surface area (Å²) in [6, 6.07) is 1.85. The summed E-state index contributed by atoms with van der Waals surface area (Å²) < 4.78 is 7.20. The minimum Gasteiger partial charge on any atom is -0.375 e. The molecule has 1 unspecified atom stereocenters. The molecule has 1 aromatic heterocycles. The molecule has 2 heterocycles. The van der Waals surface area contributed by atoms with Crippen LogP contribution < -0.4 is 10.6 Å². The monoisotopic (exact) mass is 238 g/mol. The van der Waals surface area contributed by atoms with E-state index in [1.54, 1.807) is 4.68 Å². The first-order chi connectivity index (χ1) is 8.15. The number of amides is 1. The van der Waals surface area contributed by atoms with E-state index < -0.39 is 0 Å². The van der Waals surface area contributed by atoms with E-state index in [1.165, 1.54) is 0 Å². The maximum atomic E-state index is 11.7. The van der Waals surface area contributed by atoms with Crippen molar-refractivity contribution < 1.29 is 9.53 Å². The maximum Gasteiger partial charge on any atom is 0.228 e. The van der Waals surface area contributed by atoms with Crippen molar-refractivity contribution in [1.82, 2.24) is 15.1 Å². The van der Waals surface area contributed by atoms with Crippen LogP contribution in [0.3, 0.4) is 0 Å². The van der Waals surface area contributed by atoms with Crippen LogP contribution in [0.1, 0.15) is 12.1 Å². The van der Waals surface area contributed by atoms with Crippen molar-refractivity contribution in [2.75, 3.05) is 25.0 Å². The first-order valence-electron chi connectivity index (χ1n) is 5.78. The van der Waals surface area contributed by atoms with E-state index in [4.69, 9.17) is 4.74 Å². The van der Waals surface area contributed by atoms with Gasteiger partial charge in [0.05, 0.1) is 19.1 Å². The molecule has 1 saturated heterocycles. The Labute approximate surface area is 100 Å². The Balaban J connectivity index is 1.84. The van der Waals surface area contributed by atoms with E-state index in [0.29, 0.717) is 18.8 Å². The highest BCUT2D eigenvalue weighted by atomic mass is 16.5. The van der Waals surface area contributed by atoms with Crippen LogP contribution in [0.25, 0.3) is 0 Å². The molecule has 1 aliphatic rings. The van der Waals surface area contributed by atoms with Crippen LogP contribution in [0.2, 0.25) is 0 Å². The highest BCUT2D eigenvalue weighted by molar-refractivity contribution is 5.90. The van der Waals surface area contributed by atoms with E-state index >= 15 is 0 Å². The Bertz CT molecular complexity index is 377. The number of carbonyl (C=O) groups is 1. The van der Waals surface area contributed by atoms with Crippen LogP contribution in [-0.4, -0.2) is 41.5 Å². The first kappa shape index (κ1) is 12.1. The summed E-state index contributed by atoms with van der Waals surface area (Å²) in [5.74, 6) is 0.538. The molecule has 0 radical (unpaired) electrons. The van der Waals surface area contributed by atoms with Crippen molar-refractivity contribution in [2.24, 2.45) is 7.05 Å². The fourth-order valence-corrected chi connectivity index (χ4v) is 1.77. The molecule has 1 amide bonds. The quantitative estimate of drug-likeness (QED) is 0.780. The molecular weight excluding hydrogens is 220 g/mol. The lowest BCUT2D eigenvalue weighted by Gasteiger charge is -2.22. The summed E-state index contributed by atoms with van der Waals surface area (Å²) in [5.41, 5.74) is 1.01. The zero-order valence-corrected chi connectivity index (χ0v) is 10.2. The smallest absolute Gasteiger partial charge is 0.228 e. The second kappa shape index (κ2) is 5.29. The molecule has 0 aliphatic carbocycles. The minimum absolute atomic E-state index is 0.0337. The lowest BCUT2D eigenvalue weighted by atomic mass is 10.2. The van der Waals surface area contributed by atoms with Gasteiger partial charge in [0.25, 0.3) is 0 Å². The number of hydrogen-bond acceptors (Lipinski definition) is 4. The van der Waals surface area contributed by atoms with Gasteiger partial charge in [-0.1, -0.05) is 0 Å². The van der Waals surface area contributed by atoms with E-state index in [9.17, 15) is 4.79 Å². The standard InChI is InChI=1S/C11H18N4O2/c1-8-5-10(14-15(8)2)13-11(16)6-9-7-12-3-4-17-9/h5,9,12H,3-4,6-7H2,1-2H3,(H,13,14,16). The average molecular weight is 238 g/mol. The largest absolute Gasteiger partial charge is 0.375 e. The first-order valence-corrected chi connectivity index (χ1v) is 5.78. The van der Waals surface area contributed by atoms with Gasteiger partial charge >= 0.3 is 0 Å². The third-order valence-corrected chi connectivity index (χ3v) is 2.80. The predicted octanol–water partition coefficient (Wildman–Crippen LogP) is 0.0455. The Kier molecular flexibility index (Phi) is 3.75. The lowest BCUT2D eigenvalue weighted by molar-refractivity contribution is -0.119. The zero-order valence-electron chi connectivity index (χ0n) is 10.2. The van der Waals surface area contributed by atoms with E-state index in [0.717, 1.165) is 18.8 Å². The normalized spacial score (nSPS) is 20.2. The molecule has 6 nitrogen and oxygen atoms in total. The molecule has 0 spiro atoms. The summed E-state index contributed by atoms with van der Waals surface area (Å²) in [5, 5.41) is 10.1. The number of carbonyl (C=O) groups excluding carboxylic acids is 1. The van der Waals surface area contributed by atoms with Crippen molar-refractivity contribution in [3.63, 3.8) is 0 Å². The Morgan fingerprint density at radius 1 is 1.76 bits per heavy atom. The number of nitrogens with zero attached hydrogens (tertiary/aromatic N) is 2. The molecule has 0 aromatic carbocycles. The number of anilines is 1. The van der Waals surface area contributed by atoms with Crippen LogP contribution in [0.15, 0.2) is 6.07 Å². The van der Waals surface area contributed by atoms with Crippen molar-refractivity contribution in [1.29, 1.82) is 0 Å². The van der Waals surface area contributed by atoms with Gasteiger partial charge in [0.2, 0.25) is 5.91 Å². The van der Waals surface area contributed by atoms with Gasteiger partial charge in [0, 0.05) is 31.9 Å². The number of hydrogen-bond donors (Lipinski definition) is 2. The van der Waals surface area contributed by atoms with E-state index in [-0.39, 0.29) is 12.0 Å². The number of ether oxygens (including phenoxy) is 1. The second-order valence-corrected chi connectivity index (χ2v) is 4.24. The molecule has 1 aliphatic heterocycles. The predicted molar refractivity (Wildman–Crippen MR) is 63.8 cm³/mol. The fourth-order valence-electron chi connectivity index (χ4n) is 1.77. The summed E-state index contributed by atoms with van der Waals surface area (Å²) in [4.78, 5) is 11.7. The lowest BCUT2D eigenvalue weighted by Crippen LogP contribution is -2.40. The topological polar surface area (TPSA) is 68.2 Å². The fraction of sp³-hybridized carbons (Fsp3) is 0.636. The highest BCUT2D eigenvalue weighted by Gasteiger charge is 2.17. The van der Waals surface area contributed by atoms with Gasteiger partial charge in [0.15, 0.2) is 5.82 Å². The number of nitrogens with one attached hydrogen (secondary N) is 2. The molecule has 0 bridgehead atoms. The van der Waals surface area contributed by atoms with Crippen LogP contribution >= 0.6 is 0 Å². The third kappa shape index (κ3) is 3.28. The summed E-state index contributed by atoms with van der Waals surface area (Å²) in [6.07, 6.45) is 0.330. The van der Waals surface area contributed by atoms with Crippen LogP contribution in [-0.2, 0) is 16.6 Å². The van der Waals surface area contributed by atoms with E-state index in [1.807, 2.05) is 20.0 Å². The molecule has 1 aromatic rings. The molecule has 1 atom stereocenters. The van der Waals surface area contributed by atoms with Crippen molar-refractivity contribution in [2.45, 2.75) is 19.4 Å². The third-order valence-electron chi connectivity index (χ3n) is 2.80. The molecule has 17 heavy (non-hydrogen) atoms. The van der Waals surface area contributed by atoms with Crippen molar-refractivity contribution in [3.8, 4) is 0 Å². The molecule has 2 N–H and O–H groups in total. The maximum absolute atomic E-state index is 11.7. The van der Waals surface area contributed by atoms with Gasteiger partial charge in [-0.2, -0.15) is 5.10 Å². The van der Waals surface area contributed by atoms with E-state index in [2.05, 4.69) is 15.7 Å². The number of aryl methyl sites for hydroxylation is 2. The SMILES string of the molecule is Cc1cc(NC(=O)CC2CNCCO2)nn1C. The number of morpholine rings is 1.